The first-order valence-corrected chi connectivity index (χ1v) is 7.58. The average Bonchev–Trinajstić information content (AvgIpc) is 2.46. The number of rotatable bonds is 4. The van der Waals surface area contributed by atoms with E-state index < -0.39 is 0 Å². The number of carbonyl (C=O) groups excluding carboxylic acids is 1. The molecule has 21 heavy (non-hydrogen) atoms. The van der Waals surface area contributed by atoms with Gasteiger partial charge >= 0.3 is 0 Å². The highest BCUT2D eigenvalue weighted by atomic mass is 16.1. The maximum absolute atomic E-state index is 11.1. The van der Waals surface area contributed by atoms with E-state index in [-0.39, 0.29) is 11.9 Å². The Morgan fingerprint density at radius 3 is 2.52 bits per heavy atom. The van der Waals surface area contributed by atoms with E-state index in [1.54, 1.807) is 6.92 Å². The molecule has 0 saturated carbocycles. The molecule has 0 spiro atoms. The lowest BCUT2D eigenvalue weighted by molar-refractivity contribution is -0.119. The second-order valence-corrected chi connectivity index (χ2v) is 5.84. The Balaban J connectivity index is 2.09. The average molecular weight is 291 g/mol. The first kappa shape index (κ1) is 15.5. The van der Waals surface area contributed by atoms with Crippen molar-refractivity contribution in [1.82, 2.24) is 15.3 Å². The van der Waals surface area contributed by atoms with Gasteiger partial charge in [-0.25, -0.2) is 9.97 Å². The third-order valence-corrected chi connectivity index (χ3v) is 3.73. The number of nitrogens with zero attached hydrogens (tertiary/aromatic N) is 3. The van der Waals surface area contributed by atoms with Crippen LogP contribution in [0.2, 0.25) is 0 Å². The number of piperidine rings is 1. The van der Waals surface area contributed by atoms with Crippen LogP contribution >= 0.6 is 0 Å². The lowest BCUT2D eigenvalue weighted by Crippen LogP contribution is -2.44. The fraction of sp³-hybridized carbons (Fsp3) is 0.667. The van der Waals surface area contributed by atoms with Gasteiger partial charge in [0, 0.05) is 45.1 Å². The van der Waals surface area contributed by atoms with Crippen LogP contribution in [0.15, 0.2) is 6.07 Å². The summed E-state index contributed by atoms with van der Waals surface area (Å²) in [6.45, 7) is 7.58. The molecule has 2 N–H and O–H groups in total. The van der Waals surface area contributed by atoms with Gasteiger partial charge < -0.3 is 15.5 Å². The normalized spacial score (nSPS) is 16.1. The van der Waals surface area contributed by atoms with Crippen LogP contribution in [0.1, 0.15) is 45.4 Å². The van der Waals surface area contributed by atoms with Crippen LogP contribution < -0.4 is 15.5 Å². The molecule has 2 rings (SSSR count). The van der Waals surface area contributed by atoms with E-state index in [1.807, 2.05) is 13.1 Å². The summed E-state index contributed by atoms with van der Waals surface area (Å²) < 4.78 is 0. The molecule has 0 unspecified atom stereocenters. The molecule has 0 atom stereocenters. The Hall–Kier alpha value is -1.85. The Morgan fingerprint density at radius 1 is 1.33 bits per heavy atom. The van der Waals surface area contributed by atoms with Gasteiger partial charge in [0.1, 0.15) is 17.5 Å². The van der Waals surface area contributed by atoms with Crippen molar-refractivity contribution >= 4 is 17.5 Å². The van der Waals surface area contributed by atoms with Gasteiger partial charge in [0.15, 0.2) is 0 Å². The highest BCUT2D eigenvalue weighted by Gasteiger charge is 2.21. The van der Waals surface area contributed by atoms with Crippen molar-refractivity contribution in [2.45, 2.75) is 45.6 Å². The minimum atomic E-state index is 0.0510. The summed E-state index contributed by atoms with van der Waals surface area (Å²) in [5.74, 6) is 3.04. The summed E-state index contributed by atoms with van der Waals surface area (Å²) >= 11 is 0. The highest BCUT2D eigenvalue weighted by Crippen LogP contribution is 2.23. The van der Waals surface area contributed by atoms with Crippen LogP contribution in [0.4, 0.5) is 11.6 Å². The quantitative estimate of drug-likeness (QED) is 0.884. The monoisotopic (exact) mass is 291 g/mol. The number of hydrogen-bond donors (Lipinski definition) is 2. The summed E-state index contributed by atoms with van der Waals surface area (Å²) in [5, 5.41) is 6.10. The van der Waals surface area contributed by atoms with Crippen LogP contribution in [0.5, 0.6) is 0 Å². The number of amides is 1. The number of aromatic nitrogens is 2. The molecule has 0 radical (unpaired) electrons. The Labute approximate surface area is 126 Å². The fourth-order valence-corrected chi connectivity index (χ4v) is 2.54. The molecule has 6 heteroatoms. The highest BCUT2D eigenvalue weighted by molar-refractivity contribution is 5.73. The van der Waals surface area contributed by atoms with Gasteiger partial charge in [-0.1, -0.05) is 13.8 Å². The summed E-state index contributed by atoms with van der Waals surface area (Å²) in [5.41, 5.74) is 0. The zero-order chi connectivity index (χ0) is 15.4. The third kappa shape index (κ3) is 4.06. The number of hydrogen-bond acceptors (Lipinski definition) is 5. The second-order valence-electron chi connectivity index (χ2n) is 5.84. The van der Waals surface area contributed by atoms with Crippen LogP contribution in [-0.2, 0) is 4.79 Å². The van der Waals surface area contributed by atoms with Crippen molar-refractivity contribution in [1.29, 1.82) is 0 Å². The van der Waals surface area contributed by atoms with Crippen LogP contribution in [0.25, 0.3) is 0 Å². The molecule has 1 fully saturated rings. The molecule has 1 aliphatic rings. The van der Waals surface area contributed by atoms with E-state index in [1.165, 1.54) is 0 Å². The molecule has 6 nitrogen and oxygen atoms in total. The van der Waals surface area contributed by atoms with E-state index in [2.05, 4.69) is 39.3 Å². The second kappa shape index (κ2) is 6.74. The maximum atomic E-state index is 11.1. The van der Waals surface area contributed by atoms with Crippen molar-refractivity contribution < 1.29 is 4.79 Å². The maximum Gasteiger partial charge on any atom is 0.217 e. The third-order valence-electron chi connectivity index (χ3n) is 3.73. The first-order valence-electron chi connectivity index (χ1n) is 7.58. The van der Waals surface area contributed by atoms with Crippen molar-refractivity contribution in [3.8, 4) is 0 Å². The summed E-state index contributed by atoms with van der Waals surface area (Å²) in [7, 11) is 1.87. The minimum absolute atomic E-state index is 0.0510. The molecule has 1 amide bonds. The van der Waals surface area contributed by atoms with Crippen molar-refractivity contribution in [3.05, 3.63) is 11.9 Å². The van der Waals surface area contributed by atoms with Crippen molar-refractivity contribution in [2.24, 2.45) is 0 Å². The van der Waals surface area contributed by atoms with Gasteiger partial charge in [-0.05, 0) is 12.8 Å². The molecule has 2 heterocycles. The Bertz CT molecular complexity index is 495. The molecular formula is C15H25N5O. The lowest BCUT2D eigenvalue weighted by atomic mass is 10.1. The lowest BCUT2D eigenvalue weighted by Gasteiger charge is -2.33. The predicted molar refractivity (Wildman–Crippen MR) is 84.7 cm³/mol. The Morgan fingerprint density at radius 2 is 2.00 bits per heavy atom. The standard InChI is InChI=1S/C15H25N5O/c1-10(2)15-18-13(16-4)9-14(19-15)20-7-5-12(6-8-20)17-11(3)21/h9-10,12H,5-8H2,1-4H3,(H,17,21)(H,16,18,19). The van der Waals surface area contributed by atoms with Gasteiger partial charge in [0.05, 0.1) is 0 Å². The van der Waals surface area contributed by atoms with Crippen molar-refractivity contribution in [3.63, 3.8) is 0 Å². The summed E-state index contributed by atoms with van der Waals surface area (Å²) in [6, 6.07) is 2.28. The number of anilines is 2. The minimum Gasteiger partial charge on any atom is -0.373 e. The van der Waals surface area contributed by atoms with Crippen LogP contribution in [0.3, 0.4) is 0 Å². The largest absolute Gasteiger partial charge is 0.373 e. The van der Waals surface area contributed by atoms with E-state index >= 15 is 0 Å². The smallest absolute Gasteiger partial charge is 0.217 e. The van der Waals surface area contributed by atoms with E-state index in [0.717, 1.165) is 43.4 Å². The van der Waals surface area contributed by atoms with Crippen LogP contribution in [0, 0.1) is 0 Å². The first-order chi connectivity index (χ1) is 9.99. The summed E-state index contributed by atoms with van der Waals surface area (Å²) in [4.78, 5) is 22.6. The molecule has 116 valence electrons. The molecule has 1 aromatic rings. The van der Waals surface area contributed by atoms with Gasteiger partial charge in [0.2, 0.25) is 5.91 Å². The SMILES string of the molecule is CNc1cc(N2CCC(NC(C)=O)CC2)nc(C(C)C)n1. The molecule has 0 aromatic carbocycles. The molecule has 0 aliphatic carbocycles. The zero-order valence-electron chi connectivity index (χ0n) is 13.3. The van der Waals surface area contributed by atoms with Gasteiger partial charge in [0.25, 0.3) is 0 Å². The number of carbonyl (C=O) groups is 1. The molecule has 1 aromatic heterocycles. The predicted octanol–water partition coefficient (Wildman–Crippen LogP) is 1.75. The van der Waals surface area contributed by atoms with E-state index in [9.17, 15) is 4.79 Å². The van der Waals surface area contributed by atoms with Gasteiger partial charge in [-0.2, -0.15) is 0 Å². The van der Waals surface area contributed by atoms with Crippen molar-refractivity contribution in [2.75, 3.05) is 30.4 Å². The zero-order valence-corrected chi connectivity index (χ0v) is 13.3. The fourth-order valence-electron chi connectivity index (χ4n) is 2.54. The van der Waals surface area contributed by atoms with Gasteiger partial charge in [-0.15, -0.1) is 0 Å². The molecule has 1 aliphatic heterocycles. The van der Waals surface area contributed by atoms with Gasteiger partial charge in [-0.3, -0.25) is 4.79 Å². The van der Waals surface area contributed by atoms with E-state index in [0.29, 0.717) is 5.92 Å². The van der Waals surface area contributed by atoms with E-state index in [4.69, 9.17) is 0 Å². The molecular weight excluding hydrogens is 266 g/mol. The molecule has 1 saturated heterocycles. The van der Waals surface area contributed by atoms with Crippen LogP contribution in [-0.4, -0.2) is 42.1 Å². The summed E-state index contributed by atoms with van der Waals surface area (Å²) in [6.07, 6.45) is 1.91. The topological polar surface area (TPSA) is 70.2 Å². The molecule has 0 bridgehead atoms. The Kier molecular flexibility index (Phi) is 4.98. The number of nitrogens with one attached hydrogen (secondary N) is 2.